The zero-order valence-corrected chi connectivity index (χ0v) is 14.9. The average molecular weight is 366 g/mol. The van der Waals surface area contributed by atoms with Crippen molar-refractivity contribution in [3.63, 3.8) is 0 Å². The van der Waals surface area contributed by atoms with Gasteiger partial charge >= 0.3 is 0 Å². The Kier molecular flexibility index (Phi) is 4.69. The smallest absolute Gasteiger partial charge is 0.255 e. The molecule has 0 fully saturated rings. The number of ether oxygens (including phenoxy) is 1. The molecule has 1 amide bonds. The monoisotopic (exact) mass is 366 g/mol. The highest BCUT2D eigenvalue weighted by Gasteiger charge is 2.22. The molecule has 2 aromatic heterocycles. The van der Waals surface area contributed by atoms with Crippen molar-refractivity contribution in [3.05, 3.63) is 81.8 Å². The molecule has 0 spiro atoms. The van der Waals surface area contributed by atoms with Crippen molar-refractivity contribution in [2.45, 2.75) is 12.6 Å². The van der Waals surface area contributed by atoms with Gasteiger partial charge in [0.15, 0.2) is 0 Å². The van der Waals surface area contributed by atoms with E-state index in [0.717, 1.165) is 22.4 Å². The van der Waals surface area contributed by atoms with Gasteiger partial charge in [0.1, 0.15) is 18.5 Å². The molecule has 1 aromatic carbocycles. The first-order valence-electron chi connectivity index (χ1n) is 8.37. The largest absolute Gasteiger partial charge is 0.491 e. The number of hydrogen-bond donors (Lipinski definition) is 1. The van der Waals surface area contributed by atoms with E-state index in [2.05, 4.69) is 4.98 Å². The van der Waals surface area contributed by atoms with Gasteiger partial charge in [-0.05, 0) is 46.8 Å². The first-order chi connectivity index (χ1) is 12.7. The predicted molar refractivity (Wildman–Crippen MR) is 99.3 cm³/mol. The lowest BCUT2D eigenvalue weighted by Crippen LogP contribution is -2.32. The Hall–Kier alpha value is -2.70. The topological polar surface area (TPSA) is 62.7 Å². The minimum Gasteiger partial charge on any atom is -0.491 e. The number of nitrogens with zero attached hydrogens (tertiary/aromatic N) is 2. The molecule has 1 N–H and O–H groups in total. The van der Waals surface area contributed by atoms with Crippen LogP contribution in [-0.2, 0) is 6.54 Å². The Morgan fingerprint density at radius 3 is 2.81 bits per heavy atom. The Morgan fingerprint density at radius 2 is 2.04 bits per heavy atom. The van der Waals surface area contributed by atoms with Crippen molar-refractivity contribution in [2.24, 2.45) is 0 Å². The zero-order chi connectivity index (χ0) is 17.9. The maximum atomic E-state index is 12.7. The van der Waals surface area contributed by atoms with Crippen LogP contribution in [0.5, 0.6) is 5.75 Å². The molecule has 0 bridgehead atoms. The third kappa shape index (κ3) is 3.34. The molecule has 0 saturated carbocycles. The van der Waals surface area contributed by atoms with E-state index in [1.54, 1.807) is 29.4 Å². The van der Waals surface area contributed by atoms with Crippen LogP contribution in [0, 0.1) is 0 Å². The van der Waals surface area contributed by atoms with Crippen LogP contribution in [0.1, 0.15) is 33.2 Å². The first-order valence-corrected chi connectivity index (χ1v) is 9.32. The summed E-state index contributed by atoms with van der Waals surface area (Å²) >= 11 is 1.51. The quantitative estimate of drug-likeness (QED) is 0.773. The fourth-order valence-corrected chi connectivity index (χ4v) is 3.69. The van der Waals surface area contributed by atoms with Crippen LogP contribution in [-0.4, -0.2) is 34.0 Å². The first kappa shape index (κ1) is 16.8. The summed E-state index contributed by atoms with van der Waals surface area (Å²) in [7, 11) is 0. The number of benzene rings is 1. The Labute approximate surface area is 155 Å². The lowest BCUT2D eigenvalue weighted by molar-refractivity contribution is 0.0734. The molecule has 3 aromatic rings. The molecule has 132 valence electrons. The van der Waals surface area contributed by atoms with Crippen LogP contribution in [0.3, 0.4) is 0 Å². The van der Waals surface area contributed by atoms with E-state index in [1.165, 1.54) is 11.3 Å². The van der Waals surface area contributed by atoms with Crippen molar-refractivity contribution in [3.8, 4) is 5.75 Å². The fourth-order valence-electron chi connectivity index (χ4n) is 3.06. The van der Waals surface area contributed by atoms with Gasteiger partial charge < -0.3 is 14.7 Å². The highest BCUT2D eigenvalue weighted by Crippen LogP contribution is 2.30. The standard InChI is InChI=1S/C20H18N2O3S/c23-19(14-3-6-21-7-4-14)15-1-2-18-17(11-15)12-22(8-9-25-18)20(24)16-5-10-26-13-16/h1-7,10-11,13,19,23H,8-9,12H2. The highest BCUT2D eigenvalue weighted by molar-refractivity contribution is 7.08. The Bertz CT molecular complexity index is 897. The molecule has 0 aliphatic carbocycles. The van der Waals surface area contributed by atoms with E-state index < -0.39 is 6.10 Å². The second kappa shape index (κ2) is 7.27. The van der Waals surface area contributed by atoms with Gasteiger partial charge in [0.25, 0.3) is 5.91 Å². The highest BCUT2D eigenvalue weighted by atomic mass is 32.1. The molecule has 1 unspecified atom stereocenters. The maximum absolute atomic E-state index is 12.7. The van der Waals surface area contributed by atoms with E-state index in [-0.39, 0.29) is 5.91 Å². The summed E-state index contributed by atoms with van der Waals surface area (Å²) in [5.74, 6) is 0.763. The van der Waals surface area contributed by atoms with E-state index in [9.17, 15) is 9.90 Å². The number of thiophene rings is 1. The summed E-state index contributed by atoms with van der Waals surface area (Å²) in [5, 5.41) is 14.4. The molecular formula is C20H18N2O3S. The van der Waals surface area contributed by atoms with Crippen molar-refractivity contribution in [2.75, 3.05) is 13.2 Å². The summed E-state index contributed by atoms with van der Waals surface area (Å²) < 4.78 is 5.80. The Balaban J connectivity index is 1.61. The lowest BCUT2D eigenvalue weighted by atomic mass is 10.00. The van der Waals surface area contributed by atoms with Gasteiger partial charge in [-0.3, -0.25) is 9.78 Å². The minimum atomic E-state index is -0.743. The fraction of sp³-hybridized carbons (Fsp3) is 0.200. The number of carbonyl (C=O) groups is 1. The van der Waals surface area contributed by atoms with Gasteiger partial charge in [-0.25, -0.2) is 0 Å². The zero-order valence-electron chi connectivity index (χ0n) is 14.0. The summed E-state index contributed by atoms with van der Waals surface area (Å²) in [6.07, 6.45) is 2.58. The van der Waals surface area contributed by atoms with Gasteiger partial charge in [0, 0.05) is 29.9 Å². The van der Waals surface area contributed by atoms with Gasteiger partial charge in [0.2, 0.25) is 0 Å². The van der Waals surface area contributed by atoms with E-state index in [4.69, 9.17) is 4.74 Å². The number of aliphatic hydroxyl groups excluding tert-OH is 1. The Morgan fingerprint density at radius 1 is 1.19 bits per heavy atom. The van der Waals surface area contributed by atoms with Crippen LogP contribution in [0.15, 0.2) is 59.6 Å². The normalized spacial score (nSPS) is 14.9. The molecule has 0 radical (unpaired) electrons. The molecule has 1 aliphatic heterocycles. The number of pyridine rings is 1. The molecule has 1 atom stereocenters. The number of rotatable bonds is 3. The number of carbonyl (C=O) groups excluding carboxylic acids is 1. The average Bonchev–Trinajstić information content (AvgIpc) is 3.14. The number of hydrogen-bond acceptors (Lipinski definition) is 5. The number of aliphatic hydroxyl groups is 1. The maximum Gasteiger partial charge on any atom is 0.255 e. The summed E-state index contributed by atoms with van der Waals surface area (Å²) in [6, 6.07) is 11.1. The molecule has 4 rings (SSSR count). The number of amides is 1. The van der Waals surface area contributed by atoms with Gasteiger partial charge in [-0.15, -0.1) is 0 Å². The lowest BCUT2D eigenvalue weighted by Gasteiger charge is -2.20. The van der Waals surface area contributed by atoms with Gasteiger partial charge in [-0.1, -0.05) is 6.07 Å². The van der Waals surface area contributed by atoms with Crippen molar-refractivity contribution in [1.82, 2.24) is 9.88 Å². The molecule has 3 heterocycles. The second-order valence-electron chi connectivity index (χ2n) is 6.14. The summed E-state index contributed by atoms with van der Waals surface area (Å²) in [6.45, 7) is 1.45. The molecule has 26 heavy (non-hydrogen) atoms. The summed E-state index contributed by atoms with van der Waals surface area (Å²) in [4.78, 5) is 18.5. The van der Waals surface area contributed by atoms with Crippen LogP contribution < -0.4 is 4.74 Å². The second-order valence-corrected chi connectivity index (χ2v) is 6.92. The van der Waals surface area contributed by atoms with Gasteiger partial charge in [0.05, 0.1) is 12.1 Å². The number of aromatic nitrogens is 1. The third-order valence-electron chi connectivity index (χ3n) is 4.46. The summed E-state index contributed by atoms with van der Waals surface area (Å²) in [5.41, 5.74) is 3.15. The molecule has 5 nitrogen and oxygen atoms in total. The van der Waals surface area contributed by atoms with Crippen molar-refractivity contribution >= 4 is 17.2 Å². The number of fused-ring (bicyclic) bond motifs is 1. The third-order valence-corrected chi connectivity index (χ3v) is 5.14. The minimum absolute atomic E-state index is 0.00258. The van der Waals surface area contributed by atoms with Crippen LogP contribution in [0.4, 0.5) is 0 Å². The SMILES string of the molecule is O=C(c1ccsc1)N1CCOc2ccc(C(O)c3ccncc3)cc2C1. The predicted octanol–water partition coefficient (Wildman–Crippen LogP) is 3.26. The van der Waals surface area contributed by atoms with Crippen LogP contribution >= 0.6 is 11.3 Å². The molecule has 6 heteroatoms. The van der Waals surface area contributed by atoms with Gasteiger partial charge in [-0.2, -0.15) is 11.3 Å². The molecule has 0 saturated heterocycles. The van der Waals surface area contributed by atoms with Crippen molar-refractivity contribution in [1.29, 1.82) is 0 Å². The van der Waals surface area contributed by atoms with Crippen LogP contribution in [0.25, 0.3) is 0 Å². The van der Waals surface area contributed by atoms with E-state index in [0.29, 0.717) is 25.3 Å². The van der Waals surface area contributed by atoms with Crippen LogP contribution in [0.2, 0.25) is 0 Å². The van der Waals surface area contributed by atoms with E-state index >= 15 is 0 Å². The van der Waals surface area contributed by atoms with E-state index in [1.807, 2.05) is 35.0 Å². The van der Waals surface area contributed by atoms with Crippen molar-refractivity contribution < 1.29 is 14.6 Å². The molecular weight excluding hydrogens is 348 g/mol. The molecule has 1 aliphatic rings.